The van der Waals surface area contributed by atoms with Gasteiger partial charge in [0.2, 0.25) is 5.91 Å². The van der Waals surface area contributed by atoms with Crippen LogP contribution >= 0.6 is 12.4 Å². The van der Waals surface area contributed by atoms with Gasteiger partial charge in [-0.3, -0.25) is 14.4 Å². The fraction of sp³-hybridized carbons (Fsp3) is 0.400. The van der Waals surface area contributed by atoms with Crippen molar-refractivity contribution in [3.05, 3.63) is 29.8 Å². The van der Waals surface area contributed by atoms with Crippen molar-refractivity contribution < 1.29 is 19.5 Å². The van der Waals surface area contributed by atoms with Gasteiger partial charge in [0.25, 0.3) is 0 Å². The third-order valence-corrected chi connectivity index (χ3v) is 3.00. The van der Waals surface area contributed by atoms with Gasteiger partial charge >= 0.3 is 5.97 Å². The number of halogens is 1. The molecule has 0 aliphatic rings. The van der Waals surface area contributed by atoms with Crippen molar-refractivity contribution >= 4 is 35.8 Å². The maximum Gasteiger partial charge on any atom is 0.304 e. The highest BCUT2D eigenvalue weighted by atomic mass is 35.5. The van der Waals surface area contributed by atoms with Crippen LogP contribution in [-0.4, -0.2) is 47.8 Å². The van der Waals surface area contributed by atoms with Crippen LogP contribution in [0.2, 0.25) is 0 Å². The molecule has 22 heavy (non-hydrogen) atoms. The third kappa shape index (κ3) is 7.75. The van der Waals surface area contributed by atoms with Gasteiger partial charge in [-0.1, -0.05) is 0 Å². The summed E-state index contributed by atoms with van der Waals surface area (Å²) in [4.78, 5) is 35.1. The maximum absolute atomic E-state index is 11.8. The molecule has 0 aromatic heterocycles. The Labute approximate surface area is 135 Å². The number of hydrogen-bond acceptors (Lipinski definition) is 4. The molecule has 0 bridgehead atoms. The Bertz CT molecular complexity index is 517. The molecule has 1 rings (SSSR count). The molecule has 2 N–H and O–H groups in total. The quantitative estimate of drug-likeness (QED) is 0.713. The number of carbonyl (C=O) groups excluding carboxylic acids is 2. The lowest BCUT2D eigenvalue weighted by Crippen LogP contribution is -2.26. The Morgan fingerprint density at radius 3 is 2.14 bits per heavy atom. The van der Waals surface area contributed by atoms with Gasteiger partial charge in [0.1, 0.15) is 0 Å². The first kappa shape index (κ1) is 20.1. The van der Waals surface area contributed by atoms with Gasteiger partial charge < -0.3 is 15.3 Å². The van der Waals surface area contributed by atoms with Crippen molar-refractivity contribution in [3.63, 3.8) is 0 Å². The van der Waals surface area contributed by atoms with Crippen LogP contribution in [0.3, 0.4) is 0 Å². The number of nitrogens with one attached hydrogen (secondary N) is 1. The molecule has 0 saturated heterocycles. The van der Waals surface area contributed by atoms with E-state index in [0.717, 1.165) is 0 Å². The fourth-order valence-electron chi connectivity index (χ4n) is 1.70. The molecule has 1 aromatic carbocycles. The average molecular weight is 329 g/mol. The highest BCUT2D eigenvalue weighted by Gasteiger charge is 2.07. The number of benzene rings is 1. The minimum atomic E-state index is -0.850. The summed E-state index contributed by atoms with van der Waals surface area (Å²) in [6.07, 6.45) is 0.342. The zero-order valence-corrected chi connectivity index (χ0v) is 13.5. The monoisotopic (exact) mass is 328 g/mol. The molecule has 0 spiro atoms. The molecule has 1 aromatic rings. The summed E-state index contributed by atoms with van der Waals surface area (Å²) < 4.78 is 0. The van der Waals surface area contributed by atoms with Crippen molar-refractivity contribution in [2.75, 3.05) is 25.5 Å². The number of hydrogen-bond donors (Lipinski definition) is 2. The number of Topliss-reactive ketones (excluding diaryl/α,β-unsaturated/α-hetero) is 1. The summed E-state index contributed by atoms with van der Waals surface area (Å²) in [6.45, 7) is 2.39. The molecular weight excluding hydrogens is 308 g/mol. The number of rotatable bonds is 8. The molecule has 0 aliphatic heterocycles. The number of carboxylic acids is 1. The van der Waals surface area contributed by atoms with E-state index in [1.54, 1.807) is 36.2 Å². The zero-order valence-electron chi connectivity index (χ0n) is 12.7. The van der Waals surface area contributed by atoms with Crippen LogP contribution < -0.4 is 5.32 Å². The van der Waals surface area contributed by atoms with Crippen molar-refractivity contribution in [1.29, 1.82) is 0 Å². The highest BCUT2D eigenvalue weighted by Crippen LogP contribution is 2.10. The zero-order chi connectivity index (χ0) is 15.8. The second kappa shape index (κ2) is 9.92. The summed E-state index contributed by atoms with van der Waals surface area (Å²) in [5.74, 6) is -1.02. The Morgan fingerprint density at radius 2 is 1.64 bits per heavy atom. The molecule has 0 fully saturated rings. The molecule has 1 amide bonds. The maximum atomic E-state index is 11.8. The van der Waals surface area contributed by atoms with Crippen LogP contribution in [0.25, 0.3) is 0 Å². The highest BCUT2D eigenvalue weighted by molar-refractivity contribution is 5.95. The topological polar surface area (TPSA) is 86.7 Å². The van der Waals surface area contributed by atoms with Gasteiger partial charge in [-0.25, -0.2) is 0 Å². The van der Waals surface area contributed by atoms with Gasteiger partial charge in [-0.05, 0) is 38.2 Å². The van der Waals surface area contributed by atoms with Crippen molar-refractivity contribution in [2.24, 2.45) is 0 Å². The van der Waals surface area contributed by atoms with Crippen LogP contribution in [0.4, 0.5) is 5.69 Å². The number of carbonyl (C=O) groups is 3. The summed E-state index contributed by atoms with van der Waals surface area (Å²) in [7, 11) is 1.78. The van der Waals surface area contributed by atoms with Gasteiger partial charge in [0, 0.05) is 30.8 Å². The van der Waals surface area contributed by atoms with Gasteiger partial charge in [0.05, 0.1) is 6.42 Å². The van der Waals surface area contributed by atoms with Crippen LogP contribution in [0, 0.1) is 0 Å². The van der Waals surface area contributed by atoms with E-state index in [0.29, 0.717) is 24.3 Å². The van der Waals surface area contributed by atoms with E-state index >= 15 is 0 Å². The number of aliphatic carboxylic acids is 1. The standard InChI is InChI=1S/C15H20N2O4.ClH/c1-11(18)12-3-5-13(6-4-12)16-14(19)7-9-17(2)10-8-15(20)21;/h3-6H,7-10H2,1-2H3,(H,16,19)(H,20,21);1H. The SMILES string of the molecule is CC(=O)c1ccc(NC(=O)CCN(C)CCC(=O)O)cc1.Cl. The minimum absolute atomic E-state index is 0. The molecular formula is C15H21ClN2O4. The molecule has 6 nitrogen and oxygen atoms in total. The van der Waals surface area contributed by atoms with Crippen molar-refractivity contribution in [2.45, 2.75) is 19.8 Å². The molecule has 0 unspecified atom stereocenters. The van der Waals surface area contributed by atoms with Gasteiger partial charge in [0.15, 0.2) is 5.78 Å². The molecule has 7 heteroatoms. The van der Waals surface area contributed by atoms with E-state index in [1.807, 2.05) is 0 Å². The van der Waals surface area contributed by atoms with E-state index in [9.17, 15) is 14.4 Å². The Balaban J connectivity index is 0.00000441. The first-order chi connectivity index (χ1) is 9.88. The number of amides is 1. The summed E-state index contributed by atoms with van der Waals surface area (Å²) in [5, 5.41) is 11.3. The first-order valence-electron chi connectivity index (χ1n) is 6.69. The predicted octanol–water partition coefficient (Wildman–Crippen LogP) is 2.05. The number of anilines is 1. The van der Waals surface area contributed by atoms with Gasteiger partial charge in [-0.15, -0.1) is 12.4 Å². The largest absolute Gasteiger partial charge is 0.481 e. The smallest absolute Gasteiger partial charge is 0.304 e. The van der Waals surface area contributed by atoms with Crippen LogP contribution in [0.5, 0.6) is 0 Å². The molecule has 0 atom stereocenters. The lowest BCUT2D eigenvalue weighted by molar-refractivity contribution is -0.137. The summed E-state index contributed by atoms with van der Waals surface area (Å²) in [6, 6.07) is 6.69. The Kier molecular flexibility index (Phi) is 9.05. The number of nitrogens with zero attached hydrogens (tertiary/aromatic N) is 1. The molecule has 122 valence electrons. The second-order valence-electron chi connectivity index (χ2n) is 4.88. The third-order valence-electron chi connectivity index (χ3n) is 3.00. The van der Waals surface area contributed by atoms with Crippen LogP contribution in [0.15, 0.2) is 24.3 Å². The molecule has 0 heterocycles. The molecule has 0 aliphatic carbocycles. The Hall–Kier alpha value is -1.92. The molecule has 0 saturated carbocycles. The average Bonchev–Trinajstić information content (AvgIpc) is 2.43. The Morgan fingerprint density at radius 1 is 1.09 bits per heavy atom. The molecule has 0 radical (unpaired) electrons. The number of ketones is 1. The minimum Gasteiger partial charge on any atom is -0.481 e. The van der Waals surface area contributed by atoms with E-state index < -0.39 is 5.97 Å². The van der Waals surface area contributed by atoms with Crippen molar-refractivity contribution in [3.8, 4) is 0 Å². The van der Waals surface area contributed by atoms with E-state index in [4.69, 9.17) is 5.11 Å². The predicted molar refractivity (Wildman–Crippen MR) is 86.7 cm³/mol. The van der Waals surface area contributed by atoms with E-state index in [-0.39, 0.29) is 36.9 Å². The van der Waals surface area contributed by atoms with E-state index in [1.165, 1.54) is 6.92 Å². The number of carboxylic acid groups (broad SMARTS) is 1. The normalized spacial score (nSPS) is 9.95. The van der Waals surface area contributed by atoms with Crippen LogP contribution in [0.1, 0.15) is 30.1 Å². The second-order valence-corrected chi connectivity index (χ2v) is 4.88. The van der Waals surface area contributed by atoms with Crippen LogP contribution in [-0.2, 0) is 9.59 Å². The summed E-state index contributed by atoms with van der Waals surface area (Å²) in [5.41, 5.74) is 1.24. The van der Waals surface area contributed by atoms with Gasteiger partial charge in [-0.2, -0.15) is 0 Å². The van der Waals surface area contributed by atoms with E-state index in [2.05, 4.69) is 5.32 Å². The fourth-order valence-corrected chi connectivity index (χ4v) is 1.70. The first-order valence-corrected chi connectivity index (χ1v) is 6.69. The lowest BCUT2D eigenvalue weighted by atomic mass is 10.1. The van der Waals surface area contributed by atoms with Crippen molar-refractivity contribution in [1.82, 2.24) is 4.90 Å². The lowest BCUT2D eigenvalue weighted by Gasteiger charge is -2.15. The summed E-state index contributed by atoms with van der Waals surface area (Å²) >= 11 is 0.